The monoisotopic (exact) mass is 485 g/mol. The molecule has 7 nitrogen and oxygen atoms in total. The summed E-state index contributed by atoms with van der Waals surface area (Å²) in [7, 11) is -3.65. The molecule has 0 N–H and O–H groups in total. The lowest BCUT2D eigenvalue weighted by Gasteiger charge is -2.32. The molecule has 0 aromatic heterocycles. The Morgan fingerprint density at radius 2 is 1.82 bits per heavy atom. The molecule has 0 radical (unpaired) electrons. The number of piperidine rings is 1. The molecule has 0 aliphatic carbocycles. The SMILES string of the molecule is CC1CCN(S(=O)(=O)c2ccc3c(c2)N(CC(=O)N2CCc4ccccc42)C(=O)CS3)CC1. The van der Waals surface area contributed by atoms with Gasteiger partial charge in [-0.2, -0.15) is 4.31 Å². The van der Waals surface area contributed by atoms with Crippen molar-refractivity contribution in [3.8, 4) is 0 Å². The van der Waals surface area contributed by atoms with Gasteiger partial charge in [-0.25, -0.2) is 8.42 Å². The first-order valence-corrected chi connectivity index (χ1v) is 13.7. The lowest BCUT2D eigenvalue weighted by atomic mass is 10.0. The minimum Gasteiger partial charge on any atom is -0.310 e. The molecule has 33 heavy (non-hydrogen) atoms. The number of thioether (sulfide) groups is 1. The van der Waals surface area contributed by atoms with Crippen molar-refractivity contribution in [2.45, 2.75) is 36.0 Å². The van der Waals surface area contributed by atoms with Crippen LogP contribution in [0.5, 0.6) is 0 Å². The van der Waals surface area contributed by atoms with Crippen molar-refractivity contribution in [3.63, 3.8) is 0 Å². The quantitative estimate of drug-likeness (QED) is 0.665. The summed E-state index contributed by atoms with van der Waals surface area (Å²) in [4.78, 5) is 30.2. The fourth-order valence-electron chi connectivity index (χ4n) is 4.71. The Bertz CT molecular complexity index is 1210. The van der Waals surface area contributed by atoms with E-state index >= 15 is 0 Å². The molecule has 5 rings (SSSR count). The van der Waals surface area contributed by atoms with Crippen molar-refractivity contribution in [2.75, 3.05) is 41.7 Å². The van der Waals surface area contributed by atoms with Gasteiger partial charge in [0, 0.05) is 30.2 Å². The van der Waals surface area contributed by atoms with E-state index in [4.69, 9.17) is 0 Å². The first-order chi connectivity index (χ1) is 15.8. The third-order valence-corrected chi connectivity index (χ3v) is 9.68. The molecule has 9 heteroatoms. The average molecular weight is 486 g/mol. The van der Waals surface area contributed by atoms with E-state index in [0.717, 1.165) is 35.4 Å². The summed E-state index contributed by atoms with van der Waals surface area (Å²) >= 11 is 1.38. The summed E-state index contributed by atoms with van der Waals surface area (Å²) in [6, 6.07) is 12.7. The van der Waals surface area contributed by atoms with Crippen molar-refractivity contribution < 1.29 is 18.0 Å². The van der Waals surface area contributed by atoms with Crippen molar-refractivity contribution in [3.05, 3.63) is 48.0 Å². The third kappa shape index (κ3) is 4.18. The van der Waals surface area contributed by atoms with Gasteiger partial charge < -0.3 is 9.80 Å². The normalized spacial score (nSPS) is 19.5. The highest BCUT2D eigenvalue weighted by molar-refractivity contribution is 8.00. The molecule has 174 valence electrons. The van der Waals surface area contributed by atoms with Gasteiger partial charge in [-0.1, -0.05) is 25.1 Å². The van der Waals surface area contributed by atoms with E-state index in [1.54, 1.807) is 23.1 Å². The molecule has 1 saturated heterocycles. The van der Waals surface area contributed by atoms with Crippen LogP contribution in [0, 0.1) is 5.92 Å². The van der Waals surface area contributed by atoms with E-state index < -0.39 is 10.0 Å². The summed E-state index contributed by atoms with van der Waals surface area (Å²) in [5.41, 5.74) is 2.51. The number of hydrogen-bond donors (Lipinski definition) is 0. The number of para-hydroxylation sites is 1. The minimum absolute atomic E-state index is 0.106. The molecule has 2 aromatic carbocycles. The van der Waals surface area contributed by atoms with Gasteiger partial charge in [0.1, 0.15) is 6.54 Å². The van der Waals surface area contributed by atoms with Crippen LogP contribution < -0.4 is 9.80 Å². The predicted molar refractivity (Wildman–Crippen MR) is 129 cm³/mol. The first-order valence-electron chi connectivity index (χ1n) is 11.3. The van der Waals surface area contributed by atoms with E-state index in [9.17, 15) is 18.0 Å². The maximum atomic E-state index is 13.3. The van der Waals surface area contributed by atoms with E-state index in [1.807, 2.05) is 24.3 Å². The molecular weight excluding hydrogens is 458 g/mol. The van der Waals surface area contributed by atoms with Gasteiger partial charge in [0.2, 0.25) is 21.8 Å². The van der Waals surface area contributed by atoms with E-state index in [0.29, 0.717) is 31.2 Å². The number of benzene rings is 2. The van der Waals surface area contributed by atoms with Crippen LogP contribution in [0.1, 0.15) is 25.3 Å². The summed E-state index contributed by atoms with van der Waals surface area (Å²) in [5, 5.41) is 0. The van der Waals surface area contributed by atoms with Crippen molar-refractivity contribution in [1.29, 1.82) is 0 Å². The van der Waals surface area contributed by atoms with Crippen LogP contribution in [0.25, 0.3) is 0 Å². The topological polar surface area (TPSA) is 78.0 Å². The van der Waals surface area contributed by atoms with E-state index in [1.165, 1.54) is 21.0 Å². The molecule has 0 atom stereocenters. The third-order valence-electron chi connectivity index (χ3n) is 6.74. The molecule has 2 aromatic rings. The Labute approximate surface area is 198 Å². The second-order valence-electron chi connectivity index (χ2n) is 8.91. The van der Waals surface area contributed by atoms with Gasteiger partial charge in [0.25, 0.3) is 0 Å². The zero-order valence-electron chi connectivity index (χ0n) is 18.6. The average Bonchev–Trinajstić information content (AvgIpc) is 3.25. The van der Waals surface area contributed by atoms with Crippen molar-refractivity contribution in [1.82, 2.24) is 4.31 Å². The summed E-state index contributed by atoms with van der Waals surface area (Å²) in [6.45, 7) is 3.63. The number of rotatable bonds is 4. The maximum absolute atomic E-state index is 13.3. The molecule has 0 spiro atoms. The number of amides is 2. The van der Waals surface area contributed by atoms with Gasteiger partial charge in [0.05, 0.1) is 16.3 Å². The first kappa shape index (κ1) is 22.4. The summed E-state index contributed by atoms with van der Waals surface area (Å²) in [6.07, 6.45) is 2.48. The summed E-state index contributed by atoms with van der Waals surface area (Å²) in [5.74, 6) is 0.401. The number of hydrogen-bond acceptors (Lipinski definition) is 5. The van der Waals surface area contributed by atoms with Crippen LogP contribution in [0.2, 0.25) is 0 Å². The van der Waals surface area contributed by atoms with Crippen molar-refractivity contribution >= 4 is 45.0 Å². The fourth-order valence-corrected chi connectivity index (χ4v) is 7.11. The molecule has 0 bridgehead atoms. The van der Waals surface area contributed by atoms with E-state index in [2.05, 4.69) is 6.92 Å². The van der Waals surface area contributed by atoms with Gasteiger partial charge in [0.15, 0.2) is 0 Å². The Morgan fingerprint density at radius 3 is 2.61 bits per heavy atom. The highest BCUT2D eigenvalue weighted by Gasteiger charge is 2.33. The minimum atomic E-state index is -3.65. The number of carbonyl (C=O) groups excluding carboxylic acids is 2. The molecule has 1 fully saturated rings. The Balaban J connectivity index is 1.42. The molecular formula is C24H27N3O4S2. The smallest absolute Gasteiger partial charge is 0.247 e. The standard InChI is InChI=1S/C24H27N3O4S2/c1-17-8-11-25(12-9-17)33(30,31)19-6-7-22-21(14-19)27(24(29)16-32-22)15-23(28)26-13-10-18-4-2-3-5-20(18)26/h2-7,14,17H,8-13,15-16H2,1H3. The molecule has 0 unspecified atom stereocenters. The van der Waals surface area contributed by atoms with Crippen LogP contribution in [0.4, 0.5) is 11.4 Å². The van der Waals surface area contributed by atoms with Crippen LogP contribution in [0.15, 0.2) is 52.3 Å². The number of anilines is 2. The van der Waals surface area contributed by atoms with Gasteiger partial charge in [-0.15, -0.1) is 11.8 Å². The van der Waals surface area contributed by atoms with Crippen molar-refractivity contribution in [2.24, 2.45) is 5.92 Å². The number of fused-ring (bicyclic) bond motifs is 2. The van der Waals surface area contributed by atoms with Crippen LogP contribution >= 0.6 is 11.8 Å². The number of carbonyl (C=O) groups is 2. The number of nitrogens with zero attached hydrogens (tertiary/aromatic N) is 3. The van der Waals surface area contributed by atoms with Crippen LogP contribution in [-0.2, 0) is 26.0 Å². The molecule has 3 aliphatic heterocycles. The molecule has 3 aliphatic rings. The number of sulfonamides is 1. The Morgan fingerprint density at radius 1 is 1.06 bits per heavy atom. The lowest BCUT2D eigenvalue weighted by molar-refractivity contribution is -0.121. The van der Waals surface area contributed by atoms with Gasteiger partial charge in [-0.3, -0.25) is 9.59 Å². The Hall–Kier alpha value is -2.36. The van der Waals surface area contributed by atoms with Crippen LogP contribution in [-0.4, -0.2) is 56.5 Å². The second kappa shape index (κ2) is 8.77. The second-order valence-corrected chi connectivity index (χ2v) is 11.9. The maximum Gasteiger partial charge on any atom is 0.247 e. The zero-order chi connectivity index (χ0) is 23.2. The zero-order valence-corrected chi connectivity index (χ0v) is 20.2. The lowest BCUT2D eigenvalue weighted by Crippen LogP contribution is -2.45. The molecule has 3 heterocycles. The molecule has 0 saturated carbocycles. The van der Waals surface area contributed by atoms with Gasteiger partial charge in [-0.05, 0) is 55.0 Å². The summed E-state index contributed by atoms with van der Waals surface area (Å²) < 4.78 is 28.1. The highest BCUT2D eigenvalue weighted by Crippen LogP contribution is 2.38. The predicted octanol–water partition coefficient (Wildman–Crippen LogP) is 3.14. The Kier molecular flexibility index (Phi) is 5.96. The van der Waals surface area contributed by atoms with Gasteiger partial charge >= 0.3 is 0 Å². The fraction of sp³-hybridized carbons (Fsp3) is 0.417. The van der Waals surface area contributed by atoms with E-state index in [-0.39, 0.29) is 29.0 Å². The largest absolute Gasteiger partial charge is 0.310 e. The molecule has 2 amide bonds. The van der Waals surface area contributed by atoms with Crippen LogP contribution in [0.3, 0.4) is 0 Å². The highest BCUT2D eigenvalue weighted by atomic mass is 32.2.